The van der Waals surface area contributed by atoms with Crippen molar-refractivity contribution in [3.05, 3.63) is 69.7 Å². The van der Waals surface area contributed by atoms with Gasteiger partial charge in [0.15, 0.2) is 6.61 Å². The molecule has 4 heteroatoms. The van der Waals surface area contributed by atoms with E-state index >= 15 is 0 Å². The molecule has 108 valence electrons. The van der Waals surface area contributed by atoms with Crippen LogP contribution < -0.4 is 4.74 Å². The molecule has 0 aliphatic carbocycles. The van der Waals surface area contributed by atoms with Crippen LogP contribution in [0, 0.1) is 0 Å². The topological polar surface area (TPSA) is 26.3 Å². The van der Waals surface area contributed by atoms with Crippen molar-refractivity contribution in [1.29, 1.82) is 0 Å². The number of ketones is 1. The first-order valence-electron chi connectivity index (χ1n) is 6.44. The molecule has 2 nitrogen and oxygen atoms in total. The molecule has 0 fully saturated rings. The highest BCUT2D eigenvalue weighted by molar-refractivity contribution is 6.35. The largest absolute Gasteiger partial charge is 0.485 e. The standard InChI is InChI=1S/C17H14Cl2O2/c1-2-5-12-6-3-4-7-17(12)21-11-16(20)14-10-13(18)8-9-15(14)19/h2-10H,11H2,1H3. The number of halogens is 2. The fraction of sp³-hybridized carbons (Fsp3) is 0.118. The lowest BCUT2D eigenvalue weighted by Crippen LogP contribution is -2.12. The third-order valence-electron chi connectivity index (χ3n) is 2.85. The minimum Gasteiger partial charge on any atom is -0.485 e. The van der Waals surface area contributed by atoms with Crippen molar-refractivity contribution >= 4 is 35.1 Å². The summed E-state index contributed by atoms with van der Waals surface area (Å²) in [6, 6.07) is 12.3. The van der Waals surface area contributed by atoms with Gasteiger partial charge >= 0.3 is 0 Å². The number of para-hydroxylation sites is 1. The van der Waals surface area contributed by atoms with Crippen molar-refractivity contribution in [3.8, 4) is 5.75 Å². The van der Waals surface area contributed by atoms with Gasteiger partial charge in [-0.2, -0.15) is 0 Å². The van der Waals surface area contributed by atoms with Gasteiger partial charge in [0.2, 0.25) is 5.78 Å². The Kier molecular flexibility index (Phi) is 5.43. The Balaban J connectivity index is 2.13. The van der Waals surface area contributed by atoms with E-state index in [9.17, 15) is 4.79 Å². The molecular formula is C17H14Cl2O2. The quantitative estimate of drug-likeness (QED) is 0.700. The maximum absolute atomic E-state index is 12.2. The summed E-state index contributed by atoms with van der Waals surface area (Å²) in [5.74, 6) is 0.444. The molecule has 0 atom stereocenters. The van der Waals surface area contributed by atoms with Crippen LogP contribution in [0.25, 0.3) is 6.08 Å². The van der Waals surface area contributed by atoms with Gasteiger partial charge in [-0.1, -0.05) is 53.6 Å². The first-order valence-corrected chi connectivity index (χ1v) is 7.20. The first-order chi connectivity index (χ1) is 10.1. The van der Waals surface area contributed by atoms with Gasteiger partial charge in [0, 0.05) is 16.1 Å². The highest BCUT2D eigenvalue weighted by Gasteiger charge is 2.12. The molecule has 21 heavy (non-hydrogen) atoms. The van der Waals surface area contributed by atoms with E-state index in [1.165, 1.54) is 0 Å². The molecule has 0 aliphatic heterocycles. The molecule has 0 heterocycles. The summed E-state index contributed by atoms with van der Waals surface area (Å²) in [5, 5.41) is 0.840. The van der Waals surface area contributed by atoms with Crippen LogP contribution in [0.15, 0.2) is 48.5 Å². The molecule has 0 unspecified atom stereocenters. The molecule has 2 aromatic rings. The summed E-state index contributed by atoms with van der Waals surface area (Å²) in [4.78, 5) is 12.2. The second-order valence-electron chi connectivity index (χ2n) is 4.37. The molecular weight excluding hydrogens is 307 g/mol. The lowest BCUT2D eigenvalue weighted by atomic mass is 10.1. The van der Waals surface area contributed by atoms with Crippen LogP contribution in [0.5, 0.6) is 5.75 Å². The SMILES string of the molecule is CC=Cc1ccccc1OCC(=O)c1cc(Cl)ccc1Cl. The van der Waals surface area contributed by atoms with Gasteiger partial charge in [-0.15, -0.1) is 0 Å². The van der Waals surface area contributed by atoms with Gasteiger partial charge in [-0.3, -0.25) is 4.79 Å². The molecule has 0 radical (unpaired) electrons. The monoisotopic (exact) mass is 320 g/mol. The van der Waals surface area contributed by atoms with Crippen LogP contribution in [0.1, 0.15) is 22.8 Å². The van der Waals surface area contributed by atoms with Gasteiger partial charge in [-0.05, 0) is 31.2 Å². The van der Waals surface area contributed by atoms with E-state index in [1.54, 1.807) is 18.2 Å². The number of Topliss-reactive ketones (excluding diaryl/α,β-unsaturated/α-hetero) is 1. The molecule has 0 bridgehead atoms. The third-order valence-corrected chi connectivity index (χ3v) is 3.42. The predicted octanol–water partition coefficient (Wildman–Crippen LogP) is 5.29. The second-order valence-corrected chi connectivity index (χ2v) is 5.22. The van der Waals surface area contributed by atoms with Gasteiger partial charge in [0.05, 0.1) is 5.02 Å². The number of rotatable bonds is 5. The number of allylic oxidation sites excluding steroid dienone is 1. The van der Waals surface area contributed by atoms with E-state index in [0.717, 1.165) is 5.56 Å². The van der Waals surface area contributed by atoms with Gasteiger partial charge in [0.1, 0.15) is 5.75 Å². The normalized spacial score (nSPS) is 10.8. The first kappa shape index (κ1) is 15.6. The van der Waals surface area contributed by atoms with E-state index in [2.05, 4.69) is 0 Å². The Hall–Kier alpha value is -1.77. The summed E-state index contributed by atoms with van der Waals surface area (Å²) in [6.45, 7) is 1.84. The minimum atomic E-state index is -0.210. The number of hydrogen-bond donors (Lipinski definition) is 0. The van der Waals surface area contributed by atoms with Crippen molar-refractivity contribution in [1.82, 2.24) is 0 Å². The van der Waals surface area contributed by atoms with Crippen molar-refractivity contribution in [3.63, 3.8) is 0 Å². The Morgan fingerprint density at radius 2 is 1.95 bits per heavy atom. The Labute approximate surface area is 134 Å². The third kappa shape index (κ3) is 4.10. The van der Waals surface area contributed by atoms with E-state index < -0.39 is 0 Å². The average Bonchev–Trinajstić information content (AvgIpc) is 2.49. The Morgan fingerprint density at radius 1 is 1.19 bits per heavy atom. The maximum atomic E-state index is 12.2. The summed E-state index contributed by atoms with van der Waals surface area (Å²) in [7, 11) is 0. The van der Waals surface area contributed by atoms with Crippen LogP contribution in [0.2, 0.25) is 10.0 Å². The zero-order valence-electron chi connectivity index (χ0n) is 11.5. The van der Waals surface area contributed by atoms with E-state index in [0.29, 0.717) is 21.4 Å². The van der Waals surface area contributed by atoms with Crippen LogP contribution in [-0.2, 0) is 0 Å². The fourth-order valence-corrected chi connectivity index (χ4v) is 2.26. The van der Waals surface area contributed by atoms with Crippen LogP contribution in [-0.4, -0.2) is 12.4 Å². The summed E-state index contributed by atoms with van der Waals surface area (Å²) in [5.41, 5.74) is 1.29. The fourth-order valence-electron chi connectivity index (χ4n) is 1.86. The zero-order chi connectivity index (χ0) is 15.2. The number of carbonyl (C=O) groups excluding carboxylic acids is 1. The average molecular weight is 321 g/mol. The molecule has 0 aromatic heterocycles. The summed E-state index contributed by atoms with van der Waals surface area (Å²) >= 11 is 11.9. The maximum Gasteiger partial charge on any atom is 0.201 e. The number of hydrogen-bond acceptors (Lipinski definition) is 2. The Morgan fingerprint density at radius 3 is 2.71 bits per heavy atom. The lowest BCUT2D eigenvalue weighted by molar-refractivity contribution is 0.0921. The van der Waals surface area contributed by atoms with E-state index in [4.69, 9.17) is 27.9 Å². The van der Waals surface area contributed by atoms with Crippen LogP contribution >= 0.6 is 23.2 Å². The summed E-state index contributed by atoms with van der Waals surface area (Å²) in [6.07, 6.45) is 3.84. The van der Waals surface area contributed by atoms with Crippen molar-refractivity contribution < 1.29 is 9.53 Å². The number of ether oxygens (including phenoxy) is 1. The number of benzene rings is 2. The van der Waals surface area contributed by atoms with Crippen molar-refractivity contribution in [2.24, 2.45) is 0 Å². The highest BCUT2D eigenvalue weighted by atomic mass is 35.5. The Bertz CT molecular complexity index is 678. The molecule has 0 N–H and O–H groups in total. The van der Waals surface area contributed by atoms with Crippen molar-refractivity contribution in [2.75, 3.05) is 6.61 Å². The zero-order valence-corrected chi connectivity index (χ0v) is 13.0. The van der Waals surface area contributed by atoms with Crippen molar-refractivity contribution in [2.45, 2.75) is 6.92 Å². The molecule has 0 spiro atoms. The minimum absolute atomic E-state index is 0.0887. The smallest absolute Gasteiger partial charge is 0.201 e. The highest BCUT2D eigenvalue weighted by Crippen LogP contribution is 2.23. The van der Waals surface area contributed by atoms with Gasteiger partial charge < -0.3 is 4.74 Å². The van der Waals surface area contributed by atoms with E-state index in [1.807, 2.05) is 43.3 Å². The van der Waals surface area contributed by atoms with Gasteiger partial charge in [0.25, 0.3) is 0 Å². The predicted molar refractivity (Wildman–Crippen MR) is 87.4 cm³/mol. The van der Waals surface area contributed by atoms with E-state index in [-0.39, 0.29) is 12.4 Å². The lowest BCUT2D eigenvalue weighted by Gasteiger charge is -2.09. The van der Waals surface area contributed by atoms with Crippen LogP contribution in [0.4, 0.5) is 0 Å². The molecule has 0 saturated heterocycles. The second kappa shape index (κ2) is 7.30. The molecule has 0 saturated carbocycles. The molecule has 2 rings (SSSR count). The molecule has 0 aliphatic rings. The molecule has 0 amide bonds. The number of carbonyl (C=O) groups is 1. The molecule has 2 aromatic carbocycles. The summed E-state index contributed by atoms with van der Waals surface area (Å²) < 4.78 is 5.60. The van der Waals surface area contributed by atoms with Crippen LogP contribution in [0.3, 0.4) is 0 Å². The van der Waals surface area contributed by atoms with Gasteiger partial charge in [-0.25, -0.2) is 0 Å².